The lowest BCUT2D eigenvalue weighted by Crippen LogP contribution is -2.07. The number of fused-ring (bicyclic) bond motifs is 2. The predicted octanol–water partition coefficient (Wildman–Crippen LogP) is 6.49. The first-order chi connectivity index (χ1) is 19.0. The molecule has 6 nitrogen and oxygen atoms in total. The molecule has 2 N–H and O–H groups in total. The quantitative estimate of drug-likeness (QED) is 0.207. The molecule has 0 aliphatic heterocycles. The van der Waals surface area contributed by atoms with Crippen LogP contribution in [-0.4, -0.2) is 33.3 Å². The zero-order valence-corrected chi connectivity index (χ0v) is 21.9. The number of benzene rings is 3. The molecular weight excluding hydrogens is 490 g/mol. The topological polar surface area (TPSA) is 88.8 Å². The van der Waals surface area contributed by atoms with Crippen LogP contribution in [0.25, 0.3) is 23.1 Å². The second kappa shape index (κ2) is 12.0. The van der Waals surface area contributed by atoms with Crippen molar-refractivity contribution in [3.8, 4) is 5.75 Å². The van der Waals surface area contributed by atoms with Crippen LogP contribution in [-0.2, 0) is 35.4 Å². The number of aromatic nitrogens is 1. The second-order valence-electron chi connectivity index (χ2n) is 10.2. The van der Waals surface area contributed by atoms with E-state index in [1.54, 1.807) is 0 Å². The van der Waals surface area contributed by atoms with Crippen LogP contribution in [0.1, 0.15) is 47.1 Å². The van der Waals surface area contributed by atoms with Gasteiger partial charge >= 0.3 is 11.9 Å². The largest absolute Gasteiger partial charge is 0.494 e. The number of hydrogen-bond donors (Lipinski definition) is 2. The number of hydrogen-bond acceptors (Lipinski definition) is 3. The van der Waals surface area contributed by atoms with Crippen molar-refractivity contribution < 1.29 is 24.5 Å². The number of nitrogens with zero attached hydrogens (tertiary/aromatic N) is 1. The molecule has 0 amide bonds. The molecule has 0 saturated carbocycles. The Morgan fingerprint density at radius 2 is 1.64 bits per heavy atom. The molecule has 0 atom stereocenters. The van der Waals surface area contributed by atoms with Crippen LogP contribution in [0.4, 0.5) is 0 Å². The second-order valence-corrected chi connectivity index (χ2v) is 10.2. The summed E-state index contributed by atoms with van der Waals surface area (Å²) in [4.78, 5) is 22.5. The molecule has 39 heavy (non-hydrogen) atoms. The van der Waals surface area contributed by atoms with Crippen LogP contribution in [0.3, 0.4) is 0 Å². The summed E-state index contributed by atoms with van der Waals surface area (Å²) < 4.78 is 7.99. The molecule has 1 aromatic heterocycles. The molecule has 0 saturated heterocycles. The minimum atomic E-state index is -0.897. The monoisotopic (exact) mass is 523 g/mol. The van der Waals surface area contributed by atoms with E-state index >= 15 is 0 Å². The van der Waals surface area contributed by atoms with Gasteiger partial charge in [0.05, 0.1) is 13.0 Å². The number of carboxylic acid groups (broad SMARTS) is 2. The summed E-state index contributed by atoms with van der Waals surface area (Å²) in [6.45, 7) is 1.22. The number of aliphatic carboxylic acids is 2. The van der Waals surface area contributed by atoms with E-state index < -0.39 is 11.9 Å². The summed E-state index contributed by atoms with van der Waals surface area (Å²) >= 11 is 0. The third-order valence-corrected chi connectivity index (χ3v) is 7.41. The van der Waals surface area contributed by atoms with E-state index in [1.165, 1.54) is 11.1 Å². The highest BCUT2D eigenvalue weighted by Gasteiger charge is 2.20. The number of rotatable bonds is 12. The van der Waals surface area contributed by atoms with Gasteiger partial charge in [0.15, 0.2) is 0 Å². The summed E-state index contributed by atoms with van der Waals surface area (Å²) in [5.74, 6) is -0.235. The van der Waals surface area contributed by atoms with Gasteiger partial charge < -0.3 is 19.5 Å². The SMILES string of the molecule is O=C(O)CCCn1cc(CC(=O)O)c2c(C=Cc3ccc(OCCC4Cc5ccccc5C4)cc3)cccc21. The Morgan fingerprint density at radius 1 is 0.897 bits per heavy atom. The number of ether oxygens (including phenoxy) is 1. The lowest BCUT2D eigenvalue weighted by atomic mass is 10.0. The maximum atomic E-state index is 11.5. The molecule has 1 heterocycles. The van der Waals surface area contributed by atoms with Crippen molar-refractivity contribution in [2.45, 2.75) is 45.1 Å². The molecule has 1 aliphatic rings. The third kappa shape index (κ3) is 6.58. The van der Waals surface area contributed by atoms with Gasteiger partial charge in [-0.05, 0) is 77.6 Å². The fraction of sp³-hybridized carbons (Fsp3) is 0.273. The Bertz CT molecular complexity index is 1470. The molecular formula is C33H33NO5. The van der Waals surface area contributed by atoms with E-state index in [1.807, 2.05) is 65.4 Å². The van der Waals surface area contributed by atoms with Crippen molar-refractivity contribution >= 4 is 35.0 Å². The average Bonchev–Trinajstić information content (AvgIpc) is 3.49. The minimum absolute atomic E-state index is 0.0715. The molecule has 0 spiro atoms. The number of aryl methyl sites for hydroxylation is 1. The lowest BCUT2D eigenvalue weighted by molar-refractivity contribution is -0.137. The fourth-order valence-electron chi connectivity index (χ4n) is 5.55. The summed E-state index contributed by atoms with van der Waals surface area (Å²) in [5, 5.41) is 19.3. The van der Waals surface area contributed by atoms with Crippen molar-refractivity contribution in [1.29, 1.82) is 0 Å². The summed E-state index contributed by atoms with van der Waals surface area (Å²) in [6, 6.07) is 22.6. The van der Waals surface area contributed by atoms with Gasteiger partial charge in [-0.15, -0.1) is 0 Å². The smallest absolute Gasteiger partial charge is 0.307 e. The molecule has 1 aliphatic carbocycles. The van der Waals surface area contributed by atoms with Crippen LogP contribution >= 0.6 is 0 Å². The Balaban J connectivity index is 1.24. The van der Waals surface area contributed by atoms with Gasteiger partial charge in [0.25, 0.3) is 0 Å². The van der Waals surface area contributed by atoms with E-state index in [2.05, 4.69) is 24.3 Å². The first-order valence-electron chi connectivity index (χ1n) is 13.5. The molecule has 0 bridgehead atoms. The molecule has 6 heteroatoms. The van der Waals surface area contributed by atoms with Crippen molar-refractivity contribution in [1.82, 2.24) is 4.57 Å². The van der Waals surface area contributed by atoms with E-state index in [0.29, 0.717) is 25.5 Å². The van der Waals surface area contributed by atoms with Gasteiger partial charge in [0, 0.05) is 30.1 Å². The summed E-state index contributed by atoms with van der Waals surface area (Å²) in [5.41, 5.74) is 6.53. The van der Waals surface area contributed by atoms with Gasteiger partial charge in [0.2, 0.25) is 0 Å². The summed E-state index contributed by atoms with van der Waals surface area (Å²) in [7, 11) is 0. The first kappa shape index (κ1) is 26.3. The number of carboxylic acids is 2. The zero-order valence-electron chi connectivity index (χ0n) is 21.9. The maximum Gasteiger partial charge on any atom is 0.307 e. The molecule has 0 unspecified atom stereocenters. The predicted molar refractivity (Wildman–Crippen MR) is 153 cm³/mol. The van der Waals surface area contributed by atoms with E-state index in [-0.39, 0.29) is 12.8 Å². The van der Waals surface area contributed by atoms with Crippen LogP contribution < -0.4 is 4.74 Å². The highest BCUT2D eigenvalue weighted by Crippen LogP contribution is 2.30. The third-order valence-electron chi connectivity index (χ3n) is 7.41. The van der Waals surface area contributed by atoms with E-state index in [9.17, 15) is 14.7 Å². The minimum Gasteiger partial charge on any atom is -0.494 e. The van der Waals surface area contributed by atoms with Gasteiger partial charge in [0.1, 0.15) is 5.75 Å². The van der Waals surface area contributed by atoms with Crippen molar-refractivity contribution in [3.63, 3.8) is 0 Å². The Kier molecular flexibility index (Phi) is 8.11. The Labute approximate surface area is 228 Å². The molecule has 200 valence electrons. The molecule has 0 radical (unpaired) electrons. The molecule has 3 aromatic carbocycles. The van der Waals surface area contributed by atoms with E-state index in [0.717, 1.165) is 52.6 Å². The van der Waals surface area contributed by atoms with Crippen molar-refractivity contribution in [3.05, 3.63) is 101 Å². The normalized spacial score (nSPS) is 13.2. The molecule has 5 rings (SSSR count). The van der Waals surface area contributed by atoms with Crippen LogP contribution in [0.15, 0.2) is 72.9 Å². The van der Waals surface area contributed by atoms with Crippen molar-refractivity contribution in [2.75, 3.05) is 6.61 Å². The van der Waals surface area contributed by atoms with Gasteiger partial charge in [-0.1, -0.05) is 60.7 Å². The maximum absolute atomic E-state index is 11.5. The van der Waals surface area contributed by atoms with Crippen molar-refractivity contribution in [2.24, 2.45) is 5.92 Å². The van der Waals surface area contributed by atoms with Crippen LogP contribution in [0.2, 0.25) is 0 Å². The van der Waals surface area contributed by atoms with Gasteiger partial charge in [-0.2, -0.15) is 0 Å². The fourth-order valence-corrected chi connectivity index (χ4v) is 5.55. The molecule has 0 fully saturated rings. The highest BCUT2D eigenvalue weighted by atomic mass is 16.5. The zero-order chi connectivity index (χ0) is 27.2. The van der Waals surface area contributed by atoms with Crippen LogP contribution in [0, 0.1) is 5.92 Å². The van der Waals surface area contributed by atoms with E-state index in [4.69, 9.17) is 9.84 Å². The van der Waals surface area contributed by atoms with Gasteiger partial charge in [-0.3, -0.25) is 9.59 Å². The highest BCUT2D eigenvalue weighted by molar-refractivity contribution is 5.96. The Morgan fingerprint density at radius 3 is 2.33 bits per heavy atom. The number of carbonyl (C=O) groups is 2. The Hall–Kier alpha value is -4.32. The standard InChI is InChI=1S/C33H33NO5/c35-31(36)9-4-17-34-22-28(21-32(37)38)33-25(7-3-8-30(33)34)13-10-23-11-14-29(15-12-23)39-18-16-24-19-26-5-1-2-6-27(26)20-24/h1-3,5-8,10-15,22,24H,4,9,16-21H2,(H,35,36)(H,37,38). The first-order valence-corrected chi connectivity index (χ1v) is 13.5. The average molecular weight is 524 g/mol. The summed E-state index contributed by atoms with van der Waals surface area (Å²) in [6.07, 6.45) is 9.63. The lowest BCUT2D eigenvalue weighted by Gasteiger charge is -2.11. The van der Waals surface area contributed by atoms with Gasteiger partial charge in [-0.25, -0.2) is 0 Å². The van der Waals surface area contributed by atoms with Crippen LogP contribution in [0.5, 0.6) is 5.75 Å². The molecule has 4 aromatic rings.